The summed E-state index contributed by atoms with van der Waals surface area (Å²) in [5.41, 5.74) is 1.21. The highest BCUT2D eigenvalue weighted by Crippen LogP contribution is 2.29. The smallest absolute Gasteiger partial charge is 0.310 e. The van der Waals surface area contributed by atoms with Crippen LogP contribution in [0.25, 0.3) is 0 Å². The minimum absolute atomic E-state index is 0.00371. The fourth-order valence-corrected chi connectivity index (χ4v) is 2.04. The van der Waals surface area contributed by atoms with Crippen LogP contribution in [0.15, 0.2) is 48.7 Å². The zero-order valence-corrected chi connectivity index (χ0v) is 11.7. The van der Waals surface area contributed by atoms with Gasteiger partial charge in [0, 0.05) is 30.9 Å². The molecule has 2 rings (SSSR count). The van der Waals surface area contributed by atoms with Gasteiger partial charge in [-0.2, -0.15) is 13.2 Å². The van der Waals surface area contributed by atoms with E-state index in [4.69, 9.17) is 0 Å². The van der Waals surface area contributed by atoms with Crippen molar-refractivity contribution in [3.63, 3.8) is 0 Å². The van der Waals surface area contributed by atoms with E-state index in [1.54, 1.807) is 6.20 Å². The number of rotatable bonds is 5. The van der Waals surface area contributed by atoms with Crippen LogP contribution < -0.4 is 5.32 Å². The maximum Gasteiger partial charge on any atom is 0.416 e. The van der Waals surface area contributed by atoms with Crippen LogP contribution in [0.2, 0.25) is 0 Å². The predicted octanol–water partition coefficient (Wildman–Crippen LogP) is 3.99. The van der Waals surface area contributed by atoms with Gasteiger partial charge in [0.2, 0.25) is 0 Å². The van der Waals surface area contributed by atoms with Crippen LogP contribution in [0, 0.1) is 0 Å². The molecule has 0 radical (unpaired) electrons. The number of benzene rings is 1. The van der Waals surface area contributed by atoms with Gasteiger partial charge >= 0.3 is 6.18 Å². The minimum Gasteiger partial charge on any atom is -0.310 e. The van der Waals surface area contributed by atoms with Gasteiger partial charge in [-0.25, -0.2) is 0 Å². The molecule has 1 aromatic carbocycles. The van der Waals surface area contributed by atoms with Crippen molar-refractivity contribution in [2.75, 3.05) is 6.54 Å². The lowest BCUT2D eigenvalue weighted by molar-refractivity contribution is -0.137. The molecule has 1 unspecified atom stereocenters. The minimum atomic E-state index is -4.28. The average Bonchev–Trinajstić information content (AvgIpc) is 2.47. The molecule has 0 aliphatic rings. The molecule has 0 bridgehead atoms. The van der Waals surface area contributed by atoms with Crippen molar-refractivity contribution >= 4 is 0 Å². The lowest BCUT2D eigenvalue weighted by atomic mass is 10.1. The molecule has 1 aromatic heterocycles. The fourth-order valence-electron chi connectivity index (χ4n) is 2.04. The number of nitrogens with one attached hydrogen (secondary N) is 1. The number of pyridine rings is 1. The molecular formula is C16H17F3N2. The van der Waals surface area contributed by atoms with Crippen molar-refractivity contribution in [3.05, 3.63) is 65.5 Å². The Labute approximate surface area is 122 Å². The second kappa shape index (κ2) is 6.72. The second-order valence-electron chi connectivity index (χ2n) is 4.87. The number of alkyl halides is 3. The average molecular weight is 294 g/mol. The highest BCUT2D eigenvalue weighted by Gasteiger charge is 2.30. The molecule has 1 atom stereocenters. The molecule has 0 aliphatic carbocycles. The second-order valence-corrected chi connectivity index (χ2v) is 4.87. The number of halogens is 3. The molecule has 2 nitrogen and oxygen atoms in total. The largest absolute Gasteiger partial charge is 0.416 e. The van der Waals surface area contributed by atoms with Crippen LogP contribution in [0.4, 0.5) is 13.2 Å². The number of hydrogen-bond donors (Lipinski definition) is 1. The van der Waals surface area contributed by atoms with E-state index in [0.29, 0.717) is 0 Å². The topological polar surface area (TPSA) is 24.9 Å². The van der Waals surface area contributed by atoms with Crippen molar-refractivity contribution in [3.8, 4) is 0 Å². The van der Waals surface area contributed by atoms with Gasteiger partial charge in [0.15, 0.2) is 0 Å². The molecule has 0 fully saturated rings. The van der Waals surface area contributed by atoms with Gasteiger partial charge in [-0.05, 0) is 36.8 Å². The SMILES string of the molecule is CC(NCCc1ccccn1)c1ccc(C(F)(F)F)cc1. The summed E-state index contributed by atoms with van der Waals surface area (Å²) in [5, 5.41) is 3.28. The van der Waals surface area contributed by atoms with E-state index in [1.807, 2.05) is 25.1 Å². The summed E-state index contributed by atoms with van der Waals surface area (Å²) >= 11 is 0. The Morgan fingerprint density at radius 3 is 2.38 bits per heavy atom. The van der Waals surface area contributed by atoms with E-state index in [1.165, 1.54) is 12.1 Å². The maximum absolute atomic E-state index is 12.5. The van der Waals surface area contributed by atoms with Crippen LogP contribution in [-0.4, -0.2) is 11.5 Å². The first-order chi connectivity index (χ1) is 9.97. The van der Waals surface area contributed by atoms with Gasteiger partial charge in [0.05, 0.1) is 5.56 Å². The van der Waals surface area contributed by atoms with Crippen LogP contribution in [-0.2, 0) is 12.6 Å². The van der Waals surface area contributed by atoms with Gasteiger partial charge in [-0.1, -0.05) is 18.2 Å². The van der Waals surface area contributed by atoms with Crippen LogP contribution >= 0.6 is 0 Å². The van der Waals surface area contributed by atoms with Gasteiger partial charge in [-0.3, -0.25) is 4.98 Å². The third-order valence-corrected chi connectivity index (χ3v) is 3.30. The first-order valence-electron chi connectivity index (χ1n) is 6.77. The Morgan fingerprint density at radius 2 is 1.81 bits per heavy atom. The summed E-state index contributed by atoms with van der Waals surface area (Å²) in [6.07, 6.45) is -1.76. The Bertz CT molecular complexity index is 550. The van der Waals surface area contributed by atoms with Crippen LogP contribution in [0.1, 0.15) is 29.8 Å². The summed E-state index contributed by atoms with van der Waals surface area (Å²) in [6, 6.07) is 11.0. The molecule has 2 aromatic rings. The van der Waals surface area contributed by atoms with Crippen LogP contribution in [0.3, 0.4) is 0 Å². The number of hydrogen-bond acceptors (Lipinski definition) is 2. The zero-order valence-electron chi connectivity index (χ0n) is 11.7. The van der Waals surface area contributed by atoms with Crippen molar-refractivity contribution in [2.24, 2.45) is 0 Å². The van der Waals surface area contributed by atoms with Gasteiger partial charge in [-0.15, -0.1) is 0 Å². The maximum atomic E-state index is 12.5. The van der Waals surface area contributed by atoms with E-state index in [2.05, 4.69) is 10.3 Å². The molecule has 21 heavy (non-hydrogen) atoms. The summed E-state index contributed by atoms with van der Waals surface area (Å²) < 4.78 is 37.5. The van der Waals surface area contributed by atoms with Crippen molar-refractivity contribution in [1.29, 1.82) is 0 Å². The van der Waals surface area contributed by atoms with E-state index < -0.39 is 11.7 Å². The molecule has 1 heterocycles. The molecule has 0 amide bonds. The van der Waals surface area contributed by atoms with Gasteiger partial charge in [0.25, 0.3) is 0 Å². The summed E-state index contributed by atoms with van der Waals surface area (Å²) in [5.74, 6) is 0. The first-order valence-corrected chi connectivity index (χ1v) is 6.77. The van der Waals surface area contributed by atoms with Crippen molar-refractivity contribution in [2.45, 2.75) is 25.6 Å². The Morgan fingerprint density at radius 1 is 1.10 bits per heavy atom. The molecule has 1 N–H and O–H groups in total. The highest BCUT2D eigenvalue weighted by atomic mass is 19.4. The molecule has 0 saturated heterocycles. The van der Waals surface area contributed by atoms with E-state index in [0.717, 1.165) is 36.4 Å². The third kappa shape index (κ3) is 4.56. The summed E-state index contributed by atoms with van der Waals surface area (Å²) in [7, 11) is 0. The summed E-state index contributed by atoms with van der Waals surface area (Å²) in [6.45, 7) is 2.65. The van der Waals surface area contributed by atoms with Crippen molar-refractivity contribution in [1.82, 2.24) is 10.3 Å². The number of aromatic nitrogens is 1. The first kappa shape index (κ1) is 15.5. The standard InChI is InChI=1S/C16H17F3N2/c1-12(20-11-9-15-4-2-3-10-21-15)13-5-7-14(8-6-13)16(17,18)19/h2-8,10,12,20H,9,11H2,1H3. The molecule has 112 valence electrons. The number of nitrogens with zero attached hydrogens (tertiary/aromatic N) is 1. The molecule has 0 aliphatic heterocycles. The zero-order chi connectivity index (χ0) is 15.3. The highest BCUT2D eigenvalue weighted by molar-refractivity contribution is 5.26. The van der Waals surface area contributed by atoms with Gasteiger partial charge in [0.1, 0.15) is 0 Å². The Balaban J connectivity index is 1.87. The fraction of sp³-hybridized carbons (Fsp3) is 0.312. The predicted molar refractivity (Wildman–Crippen MR) is 75.8 cm³/mol. The molecule has 0 spiro atoms. The lowest BCUT2D eigenvalue weighted by Crippen LogP contribution is -2.21. The monoisotopic (exact) mass is 294 g/mol. The molecule has 0 saturated carbocycles. The van der Waals surface area contributed by atoms with E-state index in [-0.39, 0.29) is 6.04 Å². The quantitative estimate of drug-likeness (QED) is 0.901. The molecular weight excluding hydrogens is 277 g/mol. The Kier molecular flexibility index (Phi) is 4.96. The normalized spacial score (nSPS) is 13.1. The molecule has 5 heteroatoms. The van der Waals surface area contributed by atoms with Gasteiger partial charge < -0.3 is 5.32 Å². The summed E-state index contributed by atoms with van der Waals surface area (Å²) in [4.78, 5) is 4.22. The lowest BCUT2D eigenvalue weighted by Gasteiger charge is -2.15. The van der Waals surface area contributed by atoms with E-state index in [9.17, 15) is 13.2 Å². The van der Waals surface area contributed by atoms with Crippen LogP contribution in [0.5, 0.6) is 0 Å². The third-order valence-electron chi connectivity index (χ3n) is 3.30. The van der Waals surface area contributed by atoms with E-state index >= 15 is 0 Å². The Hall–Kier alpha value is -1.88. The van der Waals surface area contributed by atoms with Crippen molar-refractivity contribution < 1.29 is 13.2 Å².